The van der Waals surface area contributed by atoms with E-state index in [0.29, 0.717) is 32.0 Å². The van der Waals surface area contributed by atoms with E-state index in [0.717, 1.165) is 11.5 Å². The number of amidine groups is 1. The van der Waals surface area contributed by atoms with Crippen molar-refractivity contribution in [3.63, 3.8) is 0 Å². The SMILES string of the molecule is Cc1cc(N2CCN(C(=O)C3(C)CC(=O)N=C4C=CC=CN43)CC2)ncn1. The number of hydrogen-bond donors (Lipinski definition) is 0. The molecule has 8 heteroatoms. The van der Waals surface area contributed by atoms with Crippen molar-refractivity contribution in [2.75, 3.05) is 31.1 Å². The molecule has 1 aromatic heterocycles. The van der Waals surface area contributed by atoms with Crippen LogP contribution in [0.5, 0.6) is 0 Å². The Morgan fingerprint density at radius 3 is 2.67 bits per heavy atom. The smallest absolute Gasteiger partial charge is 0.250 e. The number of piperazine rings is 1. The molecule has 27 heavy (non-hydrogen) atoms. The minimum atomic E-state index is -0.941. The Morgan fingerprint density at radius 1 is 1.15 bits per heavy atom. The van der Waals surface area contributed by atoms with E-state index in [4.69, 9.17) is 0 Å². The van der Waals surface area contributed by atoms with E-state index in [1.807, 2.05) is 48.1 Å². The summed E-state index contributed by atoms with van der Waals surface area (Å²) in [4.78, 5) is 43.8. The molecular weight excluding hydrogens is 344 g/mol. The number of allylic oxidation sites excluding steroid dienone is 2. The second-order valence-electron chi connectivity index (χ2n) is 7.18. The van der Waals surface area contributed by atoms with Crippen molar-refractivity contribution >= 4 is 23.5 Å². The number of hydrogen-bond acceptors (Lipinski definition) is 6. The summed E-state index contributed by atoms with van der Waals surface area (Å²) in [5.41, 5.74) is -0.0215. The molecule has 0 spiro atoms. The molecule has 0 bridgehead atoms. The first-order valence-corrected chi connectivity index (χ1v) is 9.06. The summed E-state index contributed by atoms with van der Waals surface area (Å²) in [5, 5.41) is 0. The molecule has 4 heterocycles. The molecular formula is C19H22N6O2. The minimum absolute atomic E-state index is 0.0401. The van der Waals surface area contributed by atoms with Gasteiger partial charge in [-0.2, -0.15) is 4.99 Å². The number of anilines is 1. The number of fused-ring (bicyclic) bond motifs is 1. The molecule has 1 unspecified atom stereocenters. The third-order valence-electron chi connectivity index (χ3n) is 5.25. The van der Waals surface area contributed by atoms with Gasteiger partial charge in [-0.05, 0) is 26.0 Å². The first-order valence-electron chi connectivity index (χ1n) is 9.06. The molecule has 2 amide bonds. The van der Waals surface area contributed by atoms with Crippen molar-refractivity contribution in [3.05, 3.63) is 42.5 Å². The monoisotopic (exact) mass is 366 g/mol. The molecule has 1 fully saturated rings. The third kappa shape index (κ3) is 3.11. The Balaban J connectivity index is 1.49. The maximum atomic E-state index is 13.3. The van der Waals surface area contributed by atoms with Gasteiger partial charge in [0.15, 0.2) is 0 Å². The second kappa shape index (κ2) is 6.61. The van der Waals surface area contributed by atoms with Crippen LogP contribution >= 0.6 is 0 Å². The van der Waals surface area contributed by atoms with Gasteiger partial charge in [-0.25, -0.2) is 9.97 Å². The number of aliphatic imine (C=N–C) groups is 1. The van der Waals surface area contributed by atoms with Crippen molar-refractivity contribution in [2.24, 2.45) is 4.99 Å². The summed E-state index contributed by atoms with van der Waals surface area (Å²) < 4.78 is 0. The van der Waals surface area contributed by atoms with Crippen LogP contribution in [0.4, 0.5) is 5.82 Å². The molecule has 140 valence electrons. The van der Waals surface area contributed by atoms with Crippen molar-refractivity contribution in [2.45, 2.75) is 25.8 Å². The highest BCUT2D eigenvalue weighted by atomic mass is 16.2. The molecule has 3 aliphatic rings. The van der Waals surface area contributed by atoms with Crippen LogP contribution in [0.25, 0.3) is 0 Å². The first kappa shape index (κ1) is 17.4. The largest absolute Gasteiger partial charge is 0.353 e. The molecule has 0 aromatic carbocycles. The predicted octanol–water partition coefficient (Wildman–Crippen LogP) is 0.907. The van der Waals surface area contributed by atoms with E-state index in [1.165, 1.54) is 0 Å². The zero-order valence-corrected chi connectivity index (χ0v) is 15.5. The molecule has 0 N–H and O–H groups in total. The zero-order valence-electron chi connectivity index (χ0n) is 15.5. The van der Waals surface area contributed by atoms with Crippen LogP contribution in [-0.2, 0) is 9.59 Å². The fraction of sp³-hybridized carbons (Fsp3) is 0.421. The maximum Gasteiger partial charge on any atom is 0.250 e. The Labute approximate surface area is 157 Å². The van der Waals surface area contributed by atoms with Gasteiger partial charge in [0.1, 0.15) is 23.5 Å². The lowest BCUT2D eigenvalue weighted by atomic mass is 9.90. The Hall–Kier alpha value is -3.03. The first-order chi connectivity index (χ1) is 13.0. The highest BCUT2D eigenvalue weighted by Crippen LogP contribution is 2.30. The standard InChI is InChI=1S/C19H22N6O2/c1-14-11-16(21-13-20-14)23-7-9-24(10-8-23)18(27)19(2)12-17(26)22-15-5-3-4-6-25(15)19/h3-6,11,13H,7-10,12H2,1-2H3. The number of nitrogens with zero attached hydrogens (tertiary/aromatic N) is 6. The van der Waals surface area contributed by atoms with Gasteiger partial charge in [0, 0.05) is 44.1 Å². The number of carbonyl (C=O) groups excluding carboxylic acids is 2. The lowest BCUT2D eigenvalue weighted by molar-refractivity contribution is -0.144. The average Bonchev–Trinajstić information content (AvgIpc) is 2.67. The van der Waals surface area contributed by atoms with Crippen molar-refractivity contribution in [1.82, 2.24) is 19.8 Å². The normalized spacial score (nSPS) is 24.7. The Bertz CT molecular complexity index is 869. The highest BCUT2D eigenvalue weighted by molar-refractivity contribution is 6.09. The quantitative estimate of drug-likeness (QED) is 0.774. The van der Waals surface area contributed by atoms with Gasteiger partial charge in [0.25, 0.3) is 5.91 Å². The van der Waals surface area contributed by atoms with E-state index in [-0.39, 0.29) is 18.2 Å². The summed E-state index contributed by atoms with van der Waals surface area (Å²) in [7, 11) is 0. The van der Waals surface area contributed by atoms with Gasteiger partial charge in [0.2, 0.25) is 5.91 Å². The zero-order chi connectivity index (χ0) is 19.0. The number of carbonyl (C=O) groups is 2. The van der Waals surface area contributed by atoms with Gasteiger partial charge in [-0.1, -0.05) is 6.08 Å². The molecule has 1 saturated heterocycles. The number of rotatable bonds is 2. The highest BCUT2D eigenvalue weighted by Gasteiger charge is 2.47. The molecule has 8 nitrogen and oxygen atoms in total. The second-order valence-corrected chi connectivity index (χ2v) is 7.18. The van der Waals surface area contributed by atoms with E-state index in [2.05, 4.69) is 19.9 Å². The average molecular weight is 366 g/mol. The van der Waals surface area contributed by atoms with Crippen molar-refractivity contribution in [1.29, 1.82) is 0 Å². The van der Waals surface area contributed by atoms with Crippen LogP contribution in [0, 0.1) is 6.92 Å². The van der Waals surface area contributed by atoms with Crippen LogP contribution in [0.2, 0.25) is 0 Å². The van der Waals surface area contributed by atoms with Crippen LogP contribution in [-0.4, -0.2) is 69.1 Å². The molecule has 0 radical (unpaired) electrons. The van der Waals surface area contributed by atoms with Gasteiger partial charge >= 0.3 is 0 Å². The van der Waals surface area contributed by atoms with Gasteiger partial charge < -0.3 is 14.7 Å². The van der Waals surface area contributed by atoms with E-state index >= 15 is 0 Å². The van der Waals surface area contributed by atoms with E-state index in [1.54, 1.807) is 12.4 Å². The predicted molar refractivity (Wildman–Crippen MR) is 101 cm³/mol. The maximum absolute atomic E-state index is 13.3. The molecule has 0 aliphatic carbocycles. The lowest BCUT2D eigenvalue weighted by Gasteiger charge is -2.46. The van der Waals surface area contributed by atoms with Crippen molar-refractivity contribution in [3.8, 4) is 0 Å². The number of aryl methyl sites for hydroxylation is 1. The van der Waals surface area contributed by atoms with Crippen LogP contribution in [0.1, 0.15) is 19.0 Å². The topological polar surface area (TPSA) is 82.0 Å². The van der Waals surface area contributed by atoms with Crippen LogP contribution < -0.4 is 4.90 Å². The molecule has 1 aromatic rings. The lowest BCUT2D eigenvalue weighted by Crippen LogP contribution is -2.63. The van der Waals surface area contributed by atoms with Crippen LogP contribution in [0.15, 0.2) is 41.8 Å². The molecule has 1 atom stereocenters. The summed E-state index contributed by atoms with van der Waals surface area (Å²) >= 11 is 0. The Morgan fingerprint density at radius 2 is 1.93 bits per heavy atom. The van der Waals surface area contributed by atoms with Gasteiger partial charge in [-0.15, -0.1) is 0 Å². The summed E-state index contributed by atoms with van der Waals surface area (Å²) in [6.07, 6.45) is 8.91. The fourth-order valence-corrected chi connectivity index (χ4v) is 3.76. The van der Waals surface area contributed by atoms with Crippen molar-refractivity contribution < 1.29 is 9.59 Å². The Kier molecular flexibility index (Phi) is 4.25. The summed E-state index contributed by atoms with van der Waals surface area (Å²) in [5.74, 6) is 1.11. The minimum Gasteiger partial charge on any atom is -0.353 e. The fourth-order valence-electron chi connectivity index (χ4n) is 3.76. The molecule has 3 aliphatic heterocycles. The van der Waals surface area contributed by atoms with Gasteiger partial charge in [0.05, 0.1) is 6.42 Å². The van der Waals surface area contributed by atoms with E-state index in [9.17, 15) is 9.59 Å². The summed E-state index contributed by atoms with van der Waals surface area (Å²) in [6.45, 7) is 6.33. The van der Waals surface area contributed by atoms with Gasteiger partial charge in [-0.3, -0.25) is 9.59 Å². The molecule has 0 saturated carbocycles. The summed E-state index contributed by atoms with van der Waals surface area (Å²) in [6, 6.07) is 1.95. The van der Waals surface area contributed by atoms with Crippen LogP contribution in [0.3, 0.4) is 0 Å². The molecule has 4 rings (SSSR count). The number of aromatic nitrogens is 2. The number of amides is 2. The third-order valence-corrected chi connectivity index (χ3v) is 5.25. The van der Waals surface area contributed by atoms with E-state index < -0.39 is 5.54 Å².